The standard InChI is InChI=1S/C21H20N2OS/c1-14-9-10-19-17(11-14)12-20(25-19)21(24)23-22-13-16-7-4-6-15-5-2-3-8-18(15)16/h2-8,12-14H,9-11H2,1H3,(H,23,24)/b22-13-/t14-/m0/s1. The van der Waals surface area contributed by atoms with Crippen LogP contribution in [0, 0.1) is 5.92 Å². The van der Waals surface area contributed by atoms with Crippen molar-refractivity contribution < 1.29 is 4.79 Å². The minimum atomic E-state index is -0.122. The second-order valence-corrected chi connectivity index (χ2v) is 7.81. The van der Waals surface area contributed by atoms with Crippen LogP contribution in [0.15, 0.2) is 53.6 Å². The fourth-order valence-corrected chi connectivity index (χ4v) is 4.49. The van der Waals surface area contributed by atoms with Gasteiger partial charge < -0.3 is 0 Å². The molecule has 1 amide bonds. The molecule has 0 bridgehead atoms. The van der Waals surface area contributed by atoms with Crippen molar-refractivity contribution in [3.63, 3.8) is 0 Å². The van der Waals surface area contributed by atoms with Crippen molar-refractivity contribution in [1.29, 1.82) is 0 Å². The van der Waals surface area contributed by atoms with Crippen molar-refractivity contribution >= 4 is 34.2 Å². The third-order valence-electron chi connectivity index (χ3n) is 4.75. The first-order chi connectivity index (χ1) is 12.2. The molecular formula is C21H20N2OS. The molecule has 0 saturated carbocycles. The Morgan fingerprint density at radius 2 is 2.08 bits per heavy atom. The molecule has 2 aromatic carbocycles. The van der Waals surface area contributed by atoms with Gasteiger partial charge in [0.1, 0.15) is 0 Å². The average Bonchev–Trinajstić information content (AvgIpc) is 3.05. The lowest BCUT2D eigenvalue weighted by Crippen LogP contribution is -2.16. The predicted molar refractivity (Wildman–Crippen MR) is 105 cm³/mol. The monoisotopic (exact) mass is 348 g/mol. The topological polar surface area (TPSA) is 41.5 Å². The third-order valence-corrected chi connectivity index (χ3v) is 5.98. The Kier molecular flexibility index (Phi) is 4.36. The minimum absolute atomic E-state index is 0.122. The lowest BCUT2D eigenvalue weighted by Gasteiger charge is -2.16. The molecule has 0 radical (unpaired) electrons. The number of carbonyl (C=O) groups is 1. The molecule has 25 heavy (non-hydrogen) atoms. The van der Waals surface area contributed by atoms with Gasteiger partial charge in [-0.05, 0) is 47.6 Å². The zero-order chi connectivity index (χ0) is 17.2. The number of benzene rings is 2. The molecule has 3 nitrogen and oxygen atoms in total. The van der Waals surface area contributed by atoms with Crippen molar-refractivity contribution in [3.8, 4) is 0 Å². The molecule has 4 rings (SSSR count). The molecule has 1 heterocycles. The zero-order valence-electron chi connectivity index (χ0n) is 14.2. The number of hydrogen-bond donors (Lipinski definition) is 1. The minimum Gasteiger partial charge on any atom is -0.266 e. The number of hydrazone groups is 1. The number of thiophene rings is 1. The van der Waals surface area contributed by atoms with Crippen LogP contribution in [0.5, 0.6) is 0 Å². The summed E-state index contributed by atoms with van der Waals surface area (Å²) >= 11 is 1.61. The predicted octanol–water partition coefficient (Wildman–Crippen LogP) is 4.79. The van der Waals surface area contributed by atoms with E-state index >= 15 is 0 Å². The number of aryl methyl sites for hydroxylation is 1. The summed E-state index contributed by atoms with van der Waals surface area (Å²) in [4.78, 5) is 14.5. The van der Waals surface area contributed by atoms with Gasteiger partial charge in [0.15, 0.2) is 0 Å². The van der Waals surface area contributed by atoms with Crippen LogP contribution >= 0.6 is 11.3 Å². The van der Waals surface area contributed by atoms with E-state index < -0.39 is 0 Å². The van der Waals surface area contributed by atoms with Crippen LogP contribution in [0.1, 0.15) is 39.0 Å². The maximum absolute atomic E-state index is 12.4. The molecule has 0 unspecified atom stereocenters. The SMILES string of the molecule is C[C@H]1CCc2sc(C(=O)N/N=C\c3cccc4ccccc34)cc2C1. The molecule has 4 heteroatoms. The van der Waals surface area contributed by atoms with Crippen molar-refractivity contribution in [3.05, 3.63) is 69.4 Å². The third kappa shape index (κ3) is 3.35. The van der Waals surface area contributed by atoms with Crippen LogP contribution in [0.2, 0.25) is 0 Å². The molecule has 126 valence electrons. The van der Waals surface area contributed by atoms with E-state index in [0.29, 0.717) is 5.92 Å². The lowest BCUT2D eigenvalue weighted by atomic mass is 9.90. The Morgan fingerprint density at radius 3 is 3.00 bits per heavy atom. The summed E-state index contributed by atoms with van der Waals surface area (Å²) in [6, 6.07) is 16.3. The summed E-state index contributed by atoms with van der Waals surface area (Å²) in [5.74, 6) is 0.589. The number of rotatable bonds is 3. The normalized spacial score (nSPS) is 16.9. The molecule has 0 spiro atoms. The first-order valence-corrected chi connectivity index (χ1v) is 9.45. The average molecular weight is 348 g/mol. The van der Waals surface area contributed by atoms with Crippen LogP contribution in [0.25, 0.3) is 10.8 Å². The second-order valence-electron chi connectivity index (χ2n) is 6.67. The first-order valence-electron chi connectivity index (χ1n) is 8.63. The summed E-state index contributed by atoms with van der Waals surface area (Å²) in [7, 11) is 0. The van der Waals surface area contributed by atoms with Crippen molar-refractivity contribution in [2.75, 3.05) is 0 Å². The van der Waals surface area contributed by atoms with Gasteiger partial charge in [0.05, 0.1) is 11.1 Å². The van der Waals surface area contributed by atoms with Gasteiger partial charge in [0.25, 0.3) is 5.91 Å². The summed E-state index contributed by atoms with van der Waals surface area (Å²) in [6.07, 6.45) is 5.11. The van der Waals surface area contributed by atoms with Gasteiger partial charge in [-0.2, -0.15) is 5.10 Å². The molecule has 0 aliphatic heterocycles. The molecule has 1 aliphatic carbocycles. The Balaban J connectivity index is 1.49. The van der Waals surface area contributed by atoms with Crippen LogP contribution in [-0.4, -0.2) is 12.1 Å². The summed E-state index contributed by atoms with van der Waals surface area (Å²) in [6.45, 7) is 2.27. The second kappa shape index (κ2) is 6.81. The van der Waals surface area contributed by atoms with Crippen LogP contribution in [0.4, 0.5) is 0 Å². The van der Waals surface area contributed by atoms with E-state index in [9.17, 15) is 4.79 Å². The summed E-state index contributed by atoms with van der Waals surface area (Å²) < 4.78 is 0. The zero-order valence-corrected chi connectivity index (χ0v) is 15.0. The number of amides is 1. The first kappa shape index (κ1) is 16.0. The molecule has 0 saturated heterocycles. The highest BCUT2D eigenvalue weighted by atomic mass is 32.1. The fourth-order valence-electron chi connectivity index (χ4n) is 3.40. The molecule has 1 aromatic heterocycles. The largest absolute Gasteiger partial charge is 0.281 e. The molecule has 1 aliphatic rings. The number of hydrogen-bond acceptors (Lipinski definition) is 3. The molecule has 0 fully saturated rings. The smallest absolute Gasteiger partial charge is 0.266 e. The van der Waals surface area contributed by atoms with E-state index in [4.69, 9.17) is 0 Å². The highest BCUT2D eigenvalue weighted by Crippen LogP contribution is 2.32. The van der Waals surface area contributed by atoms with Gasteiger partial charge in [0.2, 0.25) is 0 Å². The Morgan fingerprint density at radius 1 is 1.24 bits per heavy atom. The molecule has 3 aromatic rings. The van der Waals surface area contributed by atoms with Gasteiger partial charge in [0, 0.05) is 10.4 Å². The van der Waals surface area contributed by atoms with Gasteiger partial charge in [-0.3, -0.25) is 4.79 Å². The Bertz CT molecular complexity index is 952. The summed E-state index contributed by atoms with van der Waals surface area (Å²) in [5, 5.41) is 6.46. The number of nitrogens with zero attached hydrogens (tertiary/aromatic N) is 1. The van der Waals surface area contributed by atoms with E-state index in [-0.39, 0.29) is 5.91 Å². The van der Waals surface area contributed by atoms with E-state index in [1.165, 1.54) is 16.9 Å². The Hall–Kier alpha value is -2.46. The number of carbonyl (C=O) groups excluding carboxylic acids is 1. The number of fused-ring (bicyclic) bond motifs is 2. The van der Waals surface area contributed by atoms with E-state index in [2.05, 4.69) is 35.7 Å². The maximum atomic E-state index is 12.4. The van der Waals surface area contributed by atoms with Crippen molar-refractivity contribution in [2.45, 2.75) is 26.2 Å². The maximum Gasteiger partial charge on any atom is 0.281 e. The van der Waals surface area contributed by atoms with Gasteiger partial charge in [-0.1, -0.05) is 49.4 Å². The molecular weight excluding hydrogens is 328 g/mol. The van der Waals surface area contributed by atoms with Crippen molar-refractivity contribution in [2.24, 2.45) is 11.0 Å². The van der Waals surface area contributed by atoms with E-state index in [1.54, 1.807) is 17.6 Å². The molecule has 1 N–H and O–H groups in total. The summed E-state index contributed by atoms with van der Waals surface area (Å²) in [5.41, 5.74) is 5.01. The lowest BCUT2D eigenvalue weighted by molar-refractivity contribution is 0.0959. The quantitative estimate of drug-likeness (QED) is 0.536. The Labute approximate surface area is 151 Å². The van der Waals surface area contributed by atoms with Crippen LogP contribution in [0.3, 0.4) is 0 Å². The highest BCUT2D eigenvalue weighted by molar-refractivity contribution is 7.14. The number of nitrogens with one attached hydrogen (secondary N) is 1. The van der Waals surface area contributed by atoms with Gasteiger partial charge >= 0.3 is 0 Å². The van der Waals surface area contributed by atoms with Crippen LogP contribution in [-0.2, 0) is 12.8 Å². The van der Waals surface area contributed by atoms with Crippen LogP contribution < -0.4 is 5.43 Å². The fraction of sp³-hybridized carbons (Fsp3) is 0.238. The van der Waals surface area contributed by atoms with Crippen molar-refractivity contribution in [1.82, 2.24) is 5.43 Å². The molecule has 1 atom stereocenters. The van der Waals surface area contributed by atoms with E-state index in [0.717, 1.165) is 34.1 Å². The highest BCUT2D eigenvalue weighted by Gasteiger charge is 2.20. The van der Waals surface area contributed by atoms with Gasteiger partial charge in [-0.15, -0.1) is 11.3 Å². The van der Waals surface area contributed by atoms with E-state index in [1.807, 2.05) is 30.3 Å². The van der Waals surface area contributed by atoms with Gasteiger partial charge in [-0.25, -0.2) is 5.43 Å².